The van der Waals surface area contributed by atoms with Crippen LogP contribution in [0.3, 0.4) is 0 Å². The fourth-order valence-electron chi connectivity index (χ4n) is 4.52. The normalized spacial score (nSPS) is 10.9. The molecule has 188 valence electrons. The highest BCUT2D eigenvalue weighted by molar-refractivity contribution is 7.19. The Hall–Kier alpha value is -4.62. The Morgan fingerprint density at radius 2 is 1.47 bits per heavy atom. The number of aryl methyl sites for hydroxylation is 2. The van der Waals surface area contributed by atoms with Crippen LogP contribution in [0.4, 0.5) is 10.8 Å². The molecule has 0 saturated carbocycles. The molecule has 4 aromatic carbocycles. The number of thiazole rings is 1. The van der Waals surface area contributed by atoms with Gasteiger partial charge in [-0.2, -0.15) is 0 Å². The minimum atomic E-state index is -0.506. The average Bonchev–Trinajstić information content (AvgIpc) is 3.33. The standard InChI is InChI=1S/C31H25N3O3S/c1-20-13-18-26(21(2)19-20)29-28(24-14-16-25(17-15-24)34(36)37)32-31(38-29)33-30(35)27(22-9-5-3-6-10-22)23-11-7-4-8-12-23/h3-19,27H,1-2H3,(H,32,33,35). The fourth-order valence-corrected chi connectivity index (χ4v) is 5.61. The Labute approximate surface area is 224 Å². The van der Waals surface area contributed by atoms with E-state index in [1.807, 2.05) is 80.6 Å². The van der Waals surface area contributed by atoms with Crippen molar-refractivity contribution in [1.29, 1.82) is 0 Å². The molecular weight excluding hydrogens is 494 g/mol. The lowest BCUT2D eigenvalue weighted by Crippen LogP contribution is -2.22. The summed E-state index contributed by atoms with van der Waals surface area (Å²) in [4.78, 5) is 30.2. The summed E-state index contributed by atoms with van der Waals surface area (Å²) in [6.45, 7) is 4.08. The van der Waals surface area contributed by atoms with Gasteiger partial charge in [-0.05, 0) is 48.2 Å². The number of nitro benzene ring substituents is 1. The highest BCUT2D eigenvalue weighted by Crippen LogP contribution is 2.41. The van der Waals surface area contributed by atoms with E-state index in [2.05, 4.69) is 17.4 Å². The molecule has 5 aromatic rings. The number of nitrogens with zero attached hydrogens (tertiary/aromatic N) is 2. The summed E-state index contributed by atoms with van der Waals surface area (Å²) in [5.41, 5.74) is 6.43. The monoisotopic (exact) mass is 519 g/mol. The summed E-state index contributed by atoms with van der Waals surface area (Å²) in [7, 11) is 0. The first kappa shape index (κ1) is 25.0. The van der Waals surface area contributed by atoms with Crippen LogP contribution in [0.15, 0.2) is 103 Å². The van der Waals surface area contributed by atoms with Crippen molar-refractivity contribution < 1.29 is 9.72 Å². The molecule has 0 atom stereocenters. The molecule has 0 aliphatic heterocycles. The van der Waals surface area contributed by atoms with E-state index in [0.29, 0.717) is 10.8 Å². The van der Waals surface area contributed by atoms with Gasteiger partial charge in [0.15, 0.2) is 5.13 Å². The van der Waals surface area contributed by atoms with Crippen LogP contribution in [0.5, 0.6) is 0 Å². The van der Waals surface area contributed by atoms with Crippen molar-refractivity contribution in [3.8, 4) is 21.7 Å². The van der Waals surface area contributed by atoms with E-state index < -0.39 is 10.8 Å². The van der Waals surface area contributed by atoms with E-state index in [1.54, 1.807) is 12.1 Å². The van der Waals surface area contributed by atoms with Gasteiger partial charge in [0.2, 0.25) is 5.91 Å². The molecule has 1 N–H and O–H groups in total. The SMILES string of the molecule is Cc1ccc(-c2sc(NC(=O)C(c3ccccc3)c3ccccc3)nc2-c2ccc([N+](=O)[O-])cc2)c(C)c1. The number of aromatic nitrogens is 1. The van der Waals surface area contributed by atoms with E-state index >= 15 is 0 Å². The number of amides is 1. The van der Waals surface area contributed by atoms with Crippen molar-refractivity contribution >= 4 is 28.1 Å². The fraction of sp³-hybridized carbons (Fsp3) is 0.0968. The molecule has 1 aromatic heterocycles. The van der Waals surface area contributed by atoms with E-state index in [-0.39, 0.29) is 11.6 Å². The number of hydrogen-bond acceptors (Lipinski definition) is 5. The highest BCUT2D eigenvalue weighted by Gasteiger charge is 2.25. The lowest BCUT2D eigenvalue weighted by atomic mass is 9.90. The van der Waals surface area contributed by atoms with Crippen molar-refractivity contribution in [3.63, 3.8) is 0 Å². The van der Waals surface area contributed by atoms with Crippen LogP contribution in [0.2, 0.25) is 0 Å². The van der Waals surface area contributed by atoms with Crippen LogP contribution >= 0.6 is 11.3 Å². The summed E-state index contributed by atoms with van der Waals surface area (Å²) in [6, 6.07) is 31.9. The summed E-state index contributed by atoms with van der Waals surface area (Å²) < 4.78 is 0. The Kier molecular flexibility index (Phi) is 7.11. The molecule has 1 amide bonds. The minimum absolute atomic E-state index is 0.0131. The van der Waals surface area contributed by atoms with Gasteiger partial charge in [-0.3, -0.25) is 14.9 Å². The first-order valence-electron chi connectivity index (χ1n) is 12.1. The molecule has 38 heavy (non-hydrogen) atoms. The van der Waals surface area contributed by atoms with Gasteiger partial charge in [-0.15, -0.1) is 0 Å². The third-order valence-electron chi connectivity index (χ3n) is 6.36. The van der Waals surface area contributed by atoms with Crippen molar-refractivity contribution in [2.24, 2.45) is 0 Å². The van der Waals surface area contributed by atoms with E-state index in [1.165, 1.54) is 23.5 Å². The molecule has 1 heterocycles. The number of nitrogens with one attached hydrogen (secondary N) is 1. The first-order valence-corrected chi connectivity index (χ1v) is 13.0. The molecule has 0 bridgehead atoms. The van der Waals surface area contributed by atoms with Gasteiger partial charge in [-0.1, -0.05) is 95.8 Å². The number of non-ortho nitro benzene ring substituents is 1. The van der Waals surface area contributed by atoms with E-state index in [4.69, 9.17) is 4.98 Å². The summed E-state index contributed by atoms with van der Waals surface area (Å²) in [6.07, 6.45) is 0. The lowest BCUT2D eigenvalue weighted by molar-refractivity contribution is -0.384. The van der Waals surface area contributed by atoms with Crippen LogP contribution in [-0.2, 0) is 4.79 Å². The maximum absolute atomic E-state index is 13.7. The third kappa shape index (κ3) is 5.23. The van der Waals surface area contributed by atoms with Crippen molar-refractivity contribution in [1.82, 2.24) is 4.98 Å². The first-order chi connectivity index (χ1) is 18.4. The second-order valence-electron chi connectivity index (χ2n) is 9.06. The Morgan fingerprint density at radius 3 is 2.03 bits per heavy atom. The minimum Gasteiger partial charge on any atom is -0.301 e. The Bertz CT molecular complexity index is 1560. The van der Waals surface area contributed by atoms with E-state index in [0.717, 1.165) is 38.3 Å². The van der Waals surface area contributed by atoms with Gasteiger partial charge in [-0.25, -0.2) is 4.98 Å². The smallest absolute Gasteiger partial charge is 0.269 e. The maximum atomic E-state index is 13.7. The Balaban J connectivity index is 1.56. The van der Waals surface area contributed by atoms with Crippen molar-refractivity contribution in [2.45, 2.75) is 19.8 Å². The number of rotatable bonds is 7. The number of hydrogen-bond donors (Lipinski definition) is 1. The number of carbonyl (C=O) groups excluding carboxylic acids is 1. The predicted molar refractivity (Wildman–Crippen MR) is 152 cm³/mol. The largest absolute Gasteiger partial charge is 0.301 e. The zero-order valence-electron chi connectivity index (χ0n) is 20.9. The highest BCUT2D eigenvalue weighted by atomic mass is 32.1. The van der Waals surface area contributed by atoms with Crippen LogP contribution < -0.4 is 5.32 Å². The summed E-state index contributed by atoms with van der Waals surface area (Å²) >= 11 is 1.40. The average molecular weight is 520 g/mol. The van der Waals surface area contributed by atoms with Gasteiger partial charge >= 0.3 is 0 Å². The number of nitro groups is 1. The maximum Gasteiger partial charge on any atom is 0.269 e. The second-order valence-corrected chi connectivity index (χ2v) is 10.1. The quantitative estimate of drug-likeness (QED) is 0.176. The van der Waals surface area contributed by atoms with Gasteiger partial charge in [0, 0.05) is 17.7 Å². The second kappa shape index (κ2) is 10.8. The molecule has 0 unspecified atom stereocenters. The molecule has 6 nitrogen and oxygen atoms in total. The van der Waals surface area contributed by atoms with Crippen molar-refractivity contribution in [3.05, 3.63) is 135 Å². The van der Waals surface area contributed by atoms with Gasteiger partial charge in [0.1, 0.15) is 0 Å². The zero-order chi connectivity index (χ0) is 26.6. The molecule has 0 aliphatic rings. The number of anilines is 1. The number of benzene rings is 4. The van der Waals surface area contributed by atoms with Crippen LogP contribution in [0.1, 0.15) is 28.2 Å². The lowest BCUT2D eigenvalue weighted by Gasteiger charge is -2.17. The van der Waals surface area contributed by atoms with Gasteiger partial charge in [0.05, 0.1) is 21.4 Å². The summed E-state index contributed by atoms with van der Waals surface area (Å²) in [5, 5.41) is 14.7. The molecule has 0 aliphatic carbocycles. The Morgan fingerprint density at radius 1 is 0.868 bits per heavy atom. The molecule has 0 saturated heterocycles. The van der Waals surface area contributed by atoms with Crippen molar-refractivity contribution in [2.75, 3.05) is 5.32 Å². The van der Waals surface area contributed by atoms with Crippen LogP contribution in [0, 0.1) is 24.0 Å². The molecular formula is C31H25N3O3S. The van der Waals surface area contributed by atoms with Crippen LogP contribution in [0.25, 0.3) is 21.7 Å². The molecule has 0 radical (unpaired) electrons. The van der Waals surface area contributed by atoms with Crippen LogP contribution in [-0.4, -0.2) is 15.8 Å². The molecule has 0 fully saturated rings. The van der Waals surface area contributed by atoms with E-state index in [9.17, 15) is 14.9 Å². The van der Waals surface area contributed by atoms with Gasteiger partial charge in [0.25, 0.3) is 5.69 Å². The number of carbonyl (C=O) groups is 1. The zero-order valence-corrected chi connectivity index (χ0v) is 21.7. The molecule has 5 rings (SSSR count). The third-order valence-corrected chi connectivity index (χ3v) is 7.37. The predicted octanol–water partition coefficient (Wildman–Crippen LogP) is 7.77. The molecule has 7 heteroatoms. The summed E-state index contributed by atoms with van der Waals surface area (Å²) in [5.74, 6) is -0.688. The van der Waals surface area contributed by atoms with Gasteiger partial charge < -0.3 is 5.32 Å². The molecule has 0 spiro atoms. The topological polar surface area (TPSA) is 85.1 Å².